The van der Waals surface area contributed by atoms with Crippen LogP contribution < -0.4 is 14.6 Å². The Kier molecular flexibility index (Phi) is 4.75. The minimum absolute atomic E-state index is 0.0749. The van der Waals surface area contributed by atoms with E-state index in [0.29, 0.717) is 11.3 Å². The Hall–Kier alpha value is -3.58. The number of halogens is 1. The van der Waals surface area contributed by atoms with E-state index in [2.05, 4.69) is 15.9 Å². The number of benzene rings is 3. The minimum Gasteiger partial charge on any atom is -0.497 e. The summed E-state index contributed by atoms with van der Waals surface area (Å²) in [6.07, 6.45) is 0. The molecule has 1 aliphatic rings. The first kappa shape index (κ1) is 19.4. The van der Waals surface area contributed by atoms with E-state index in [0.717, 1.165) is 21.5 Å². The van der Waals surface area contributed by atoms with Crippen LogP contribution in [0.2, 0.25) is 0 Å². The third-order valence-corrected chi connectivity index (χ3v) is 5.87. The lowest BCUT2D eigenvalue weighted by molar-refractivity contribution is 0.273. The maximum Gasteiger partial charge on any atom is 0.246 e. The molecule has 0 unspecified atom stereocenters. The fourth-order valence-corrected chi connectivity index (χ4v) is 4.11. The number of aromatic hydroxyl groups is 2. The lowest BCUT2D eigenvalue weighted by atomic mass is 10.00. The van der Waals surface area contributed by atoms with Crippen molar-refractivity contribution in [3.63, 3.8) is 0 Å². The van der Waals surface area contributed by atoms with Crippen molar-refractivity contribution in [3.05, 3.63) is 94.5 Å². The van der Waals surface area contributed by atoms with Gasteiger partial charge in [-0.15, -0.1) is 0 Å². The number of fused-ring (bicyclic) bond motifs is 1. The van der Waals surface area contributed by atoms with Gasteiger partial charge in [-0.3, -0.25) is 0 Å². The largest absolute Gasteiger partial charge is 0.497 e. The van der Waals surface area contributed by atoms with Crippen LogP contribution >= 0.6 is 15.9 Å². The SMILES string of the molecule is COc1ccc([C@@H]2c3c(c(O)n(-c4ccc(Br)cc4)c3O)ON2c2ccccc2)cc1. The van der Waals surface area contributed by atoms with Crippen LogP contribution in [0.15, 0.2) is 83.3 Å². The molecule has 4 aromatic rings. The molecule has 31 heavy (non-hydrogen) atoms. The summed E-state index contributed by atoms with van der Waals surface area (Å²) in [4.78, 5) is 6.12. The van der Waals surface area contributed by atoms with Crippen LogP contribution in [0.4, 0.5) is 5.69 Å². The topological polar surface area (TPSA) is 67.1 Å². The van der Waals surface area contributed by atoms with Crippen molar-refractivity contribution in [1.82, 2.24) is 4.57 Å². The molecule has 0 amide bonds. The highest BCUT2D eigenvalue weighted by atomic mass is 79.9. The highest BCUT2D eigenvalue weighted by Crippen LogP contribution is 2.54. The maximum atomic E-state index is 11.2. The van der Waals surface area contributed by atoms with Gasteiger partial charge in [-0.2, -0.15) is 5.06 Å². The molecular formula is C24H19BrN2O4. The number of hydrogen-bond acceptors (Lipinski definition) is 5. The van der Waals surface area contributed by atoms with E-state index in [4.69, 9.17) is 9.57 Å². The molecule has 2 N–H and O–H groups in total. The molecule has 0 bridgehead atoms. The highest BCUT2D eigenvalue weighted by Gasteiger charge is 2.43. The number of aromatic nitrogens is 1. The standard InChI is InChI=1S/C24H19BrN2O4/c1-30-19-13-7-15(8-14-19)21-20-22(31-27(21)18-5-3-2-4-6-18)24(29)26(23(20)28)17-11-9-16(25)10-12-17/h2-14,21,28-29H,1H3/t21-/m1/s1. The predicted molar refractivity (Wildman–Crippen MR) is 121 cm³/mol. The van der Waals surface area contributed by atoms with E-state index >= 15 is 0 Å². The third kappa shape index (κ3) is 3.18. The van der Waals surface area contributed by atoms with Crippen LogP contribution in [0.1, 0.15) is 17.2 Å². The van der Waals surface area contributed by atoms with Crippen molar-refractivity contribution in [2.75, 3.05) is 12.2 Å². The average Bonchev–Trinajstić information content (AvgIpc) is 3.31. The summed E-state index contributed by atoms with van der Waals surface area (Å²) >= 11 is 3.41. The van der Waals surface area contributed by atoms with Crippen molar-refractivity contribution in [3.8, 4) is 28.9 Å². The van der Waals surface area contributed by atoms with Gasteiger partial charge >= 0.3 is 0 Å². The molecule has 0 aliphatic carbocycles. The van der Waals surface area contributed by atoms with Crippen LogP contribution in [0, 0.1) is 0 Å². The smallest absolute Gasteiger partial charge is 0.246 e. The fourth-order valence-electron chi connectivity index (χ4n) is 3.85. The number of methoxy groups -OCH3 is 1. The lowest BCUT2D eigenvalue weighted by Gasteiger charge is -2.26. The molecular weight excluding hydrogens is 460 g/mol. The third-order valence-electron chi connectivity index (χ3n) is 5.34. The van der Waals surface area contributed by atoms with E-state index in [9.17, 15) is 10.2 Å². The summed E-state index contributed by atoms with van der Waals surface area (Å²) in [7, 11) is 1.62. The number of anilines is 1. The molecule has 3 aromatic carbocycles. The number of hydroxylamine groups is 1. The van der Waals surface area contributed by atoms with Gasteiger partial charge in [-0.05, 0) is 54.1 Å². The molecule has 1 aromatic heterocycles. The average molecular weight is 479 g/mol. The first-order chi connectivity index (χ1) is 15.1. The van der Waals surface area contributed by atoms with Gasteiger partial charge in [0.15, 0.2) is 0 Å². The Balaban J connectivity index is 1.68. The predicted octanol–water partition coefficient (Wildman–Crippen LogP) is 5.56. The quantitative estimate of drug-likeness (QED) is 0.401. The van der Waals surface area contributed by atoms with E-state index < -0.39 is 6.04 Å². The van der Waals surface area contributed by atoms with Crippen molar-refractivity contribution < 1.29 is 19.8 Å². The summed E-state index contributed by atoms with van der Waals surface area (Å²) in [6.45, 7) is 0. The van der Waals surface area contributed by atoms with E-state index in [1.165, 1.54) is 4.57 Å². The molecule has 0 saturated heterocycles. The van der Waals surface area contributed by atoms with Gasteiger partial charge in [-0.1, -0.05) is 46.3 Å². The van der Waals surface area contributed by atoms with Crippen LogP contribution in [-0.2, 0) is 0 Å². The van der Waals surface area contributed by atoms with Gasteiger partial charge in [0.2, 0.25) is 17.5 Å². The first-order valence-electron chi connectivity index (χ1n) is 9.67. The van der Waals surface area contributed by atoms with Gasteiger partial charge in [0, 0.05) is 4.47 Å². The Morgan fingerprint density at radius 2 is 1.52 bits per heavy atom. The van der Waals surface area contributed by atoms with Crippen LogP contribution in [0.3, 0.4) is 0 Å². The number of para-hydroxylation sites is 1. The minimum atomic E-state index is -0.467. The first-order valence-corrected chi connectivity index (χ1v) is 10.5. The van der Waals surface area contributed by atoms with E-state index in [1.54, 1.807) is 24.3 Å². The summed E-state index contributed by atoms with van der Waals surface area (Å²) < 4.78 is 7.57. The molecule has 1 atom stereocenters. The van der Waals surface area contributed by atoms with Crippen molar-refractivity contribution in [2.45, 2.75) is 6.04 Å². The van der Waals surface area contributed by atoms with Crippen molar-refractivity contribution >= 4 is 21.6 Å². The monoisotopic (exact) mass is 478 g/mol. The molecule has 0 spiro atoms. The Morgan fingerprint density at radius 1 is 0.839 bits per heavy atom. The summed E-state index contributed by atoms with van der Waals surface area (Å²) in [5.41, 5.74) is 2.80. The van der Waals surface area contributed by atoms with Crippen molar-refractivity contribution in [2.24, 2.45) is 0 Å². The zero-order valence-electron chi connectivity index (χ0n) is 16.6. The second-order valence-electron chi connectivity index (χ2n) is 7.13. The Bertz CT molecular complexity index is 1220. The fraction of sp³-hybridized carbons (Fsp3) is 0.0833. The zero-order chi connectivity index (χ0) is 21.5. The van der Waals surface area contributed by atoms with Crippen LogP contribution in [0.25, 0.3) is 5.69 Å². The van der Waals surface area contributed by atoms with Gasteiger partial charge in [0.25, 0.3) is 0 Å². The summed E-state index contributed by atoms with van der Waals surface area (Å²) in [5, 5.41) is 23.9. The van der Waals surface area contributed by atoms with E-state index in [1.807, 2.05) is 66.7 Å². The normalized spacial score (nSPS) is 14.9. The Morgan fingerprint density at radius 3 is 2.16 bits per heavy atom. The van der Waals surface area contributed by atoms with Crippen molar-refractivity contribution in [1.29, 1.82) is 0 Å². The van der Waals surface area contributed by atoms with Gasteiger partial charge in [0.05, 0.1) is 24.0 Å². The number of hydrogen-bond donors (Lipinski definition) is 2. The number of rotatable bonds is 4. The maximum absolute atomic E-state index is 11.2. The molecule has 7 heteroatoms. The molecule has 2 heterocycles. The van der Waals surface area contributed by atoms with Gasteiger partial charge in [0.1, 0.15) is 11.8 Å². The molecule has 156 valence electrons. The second-order valence-corrected chi connectivity index (χ2v) is 8.05. The highest BCUT2D eigenvalue weighted by molar-refractivity contribution is 9.10. The second kappa shape index (κ2) is 7.59. The lowest BCUT2D eigenvalue weighted by Crippen LogP contribution is -2.27. The molecule has 0 fully saturated rings. The zero-order valence-corrected chi connectivity index (χ0v) is 18.2. The number of ether oxygens (including phenoxy) is 1. The van der Waals surface area contributed by atoms with Gasteiger partial charge in [-0.25, -0.2) is 4.57 Å². The number of nitrogens with zero attached hydrogens (tertiary/aromatic N) is 2. The van der Waals surface area contributed by atoms with Gasteiger partial charge < -0.3 is 19.8 Å². The molecule has 1 aliphatic heterocycles. The molecule has 0 saturated carbocycles. The van der Waals surface area contributed by atoms with Crippen LogP contribution in [-0.4, -0.2) is 21.9 Å². The molecule has 0 radical (unpaired) electrons. The molecule has 6 nitrogen and oxygen atoms in total. The summed E-state index contributed by atoms with van der Waals surface area (Å²) in [6, 6.07) is 24.0. The van der Waals surface area contributed by atoms with E-state index in [-0.39, 0.29) is 17.5 Å². The van der Waals surface area contributed by atoms with Crippen LogP contribution in [0.5, 0.6) is 23.3 Å². The Labute approximate surface area is 187 Å². The molecule has 5 rings (SSSR count). The summed E-state index contributed by atoms with van der Waals surface area (Å²) in [5.74, 6) is 0.722.